The molecule has 0 bridgehead atoms. The highest BCUT2D eigenvalue weighted by atomic mass is 16.6. The van der Waals surface area contributed by atoms with Crippen molar-refractivity contribution >= 4 is 5.91 Å². The first-order chi connectivity index (χ1) is 6.27. The zero-order valence-corrected chi connectivity index (χ0v) is 7.86. The first kappa shape index (κ1) is 8.97. The number of rotatable bonds is 3. The van der Waals surface area contributed by atoms with Crippen LogP contribution in [0.2, 0.25) is 0 Å². The van der Waals surface area contributed by atoms with Crippen LogP contribution in [0.1, 0.15) is 12.8 Å². The third-order valence-corrected chi connectivity index (χ3v) is 2.50. The Labute approximate surface area is 77.8 Å². The number of likely N-dealkylation sites (tertiary alicyclic amines) is 1. The summed E-state index contributed by atoms with van der Waals surface area (Å²) in [5.74, 6) is 0.118. The van der Waals surface area contributed by atoms with Gasteiger partial charge < -0.3 is 14.4 Å². The Bertz CT molecular complexity index is 203. The van der Waals surface area contributed by atoms with Gasteiger partial charge in [0.15, 0.2) is 0 Å². The number of amides is 1. The molecule has 2 rings (SSSR count). The quantitative estimate of drug-likeness (QED) is 0.582. The smallest absolute Gasteiger partial charge is 0.251 e. The van der Waals surface area contributed by atoms with Gasteiger partial charge in [0.2, 0.25) is 0 Å². The predicted molar refractivity (Wildman–Crippen MR) is 46.4 cm³/mol. The Kier molecular flexibility index (Phi) is 2.51. The van der Waals surface area contributed by atoms with E-state index in [0.717, 1.165) is 26.0 Å². The van der Waals surface area contributed by atoms with E-state index in [0.29, 0.717) is 6.61 Å². The van der Waals surface area contributed by atoms with E-state index in [1.165, 1.54) is 0 Å². The van der Waals surface area contributed by atoms with Gasteiger partial charge in [-0.15, -0.1) is 0 Å². The molecule has 0 radical (unpaired) electrons. The molecule has 2 aliphatic heterocycles. The first-order valence-electron chi connectivity index (χ1n) is 4.75. The number of piperidine rings is 1. The minimum absolute atomic E-state index is 0.118. The molecule has 2 heterocycles. The fourth-order valence-corrected chi connectivity index (χ4v) is 1.54. The van der Waals surface area contributed by atoms with E-state index in [2.05, 4.69) is 0 Å². The summed E-state index contributed by atoms with van der Waals surface area (Å²) in [5.41, 5.74) is 0. The minimum atomic E-state index is -0.219. The lowest BCUT2D eigenvalue weighted by Gasteiger charge is -2.28. The molecule has 0 saturated carbocycles. The molecule has 0 spiro atoms. The topological polar surface area (TPSA) is 42.1 Å². The summed E-state index contributed by atoms with van der Waals surface area (Å²) < 4.78 is 10.5. The number of nitrogens with zero attached hydrogens (tertiary/aromatic N) is 1. The van der Waals surface area contributed by atoms with Crippen molar-refractivity contribution in [3.05, 3.63) is 0 Å². The Balaban J connectivity index is 1.78. The summed E-state index contributed by atoms with van der Waals surface area (Å²) in [6, 6.07) is 0. The second-order valence-electron chi connectivity index (χ2n) is 3.68. The Hall–Kier alpha value is -0.610. The van der Waals surface area contributed by atoms with Crippen LogP contribution in [0.3, 0.4) is 0 Å². The normalized spacial score (nSPS) is 33.6. The largest absolute Gasteiger partial charge is 0.371 e. The van der Waals surface area contributed by atoms with Gasteiger partial charge in [-0.05, 0) is 12.8 Å². The SMILES string of the molecule is CN1CCCC(OCC2CO2)C1=O. The molecule has 2 saturated heterocycles. The molecule has 4 nitrogen and oxygen atoms in total. The van der Waals surface area contributed by atoms with Gasteiger partial charge in [0.05, 0.1) is 13.2 Å². The van der Waals surface area contributed by atoms with E-state index in [4.69, 9.17) is 9.47 Å². The lowest BCUT2D eigenvalue weighted by Crippen LogP contribution is -2.43. The van der Waals surface area contributed by atoms with Crippen LogP contribution in [0.5, 0.6) is 0 Å². The molecule has 0 N–H and O–H groups in total. The fraction of sp³-hybridized carbons (Fsp3) is 0.889. The minimum Gasteiger partial charge on any atom is -0.371 e. The fourth-order valence-electron chi connectivity index (χ4n) is 1.54. The molecule has 0 aromatic carbocycles. The maximum absolute atomic E-state index is 11.5. The molecule has 2 unspecified atom stereocenters. The second-order valence-corrected chi connectivity index (χ2v) is 3.68. The van der Waals surface area contributed by atoms with Crippen LogP contribution >= 0.6 is 0 Å². The number of hydrogen-bond acceptors (Lipinski definition) is 3. The predicted octanol–water partition coefficient (Wildman–Crippen LogP) is 0.0226. The van der Waals surface area contributed by atoms with Gasteiger partial charge in [-0.2, -0.15) is 0 Å². The zero-order chi connectivity index (χ0) is 9.26. The van der Waals surface area contributed by atoms with Gasteiger partial charge in [-0.25, -0.2) is 0 Å². The standard InChI is InChI=1S/C9H15NO3/c1-10-4-2-3-8(9(10)11)13-6-7-5-12-7/h7-8H,2-6H2,1H3. The maximum atomic E-state index is 11.5. The summed E-state index contributed by atoms with van der Waals surface area (Å²) in [4.78, 5) is 13.3. The highest BCUT2D eigenvalue weighted by Gasteiger charge is 2.30. The number of hydrogen-bond donors (Lipinski definition) is 0. The van der Waals surface area contributed by atoms with Crippen LogP contribution in [-0.4, -0.2) is 49.8 Å². The summed E-state index contributed by atoms with van der Waals surface area (Å²) in [6.45, 7) is 2.22. The molecular weight excluding hydrogens is 170 g/mol. The van der Waals surface area contributed by atoms with Gasteiger partial charge in [0, 0.05) is 13.6 Å². The lowest BCUT2D eigenvalue weighted by molar-refractivity contribution is -0.146. The Morgan fingerprint density at radius 2 is 2.46 bits per heavy atom. The number of likely N-dealkylation sites (N-methyl/N-ethyl adjacent to an activating group) is 1. The van der Waals surface area contributed by atoms with Crippen molar-refractivity contribution in [2.45, 2.75) is 25.0 Å². The summed E-state index contributed by atoms with van der Waals surface area (Å²) in [5, 5.41) is 0. The van der Waals surface area contributed by atoms with E-state index >= 15 is 0 Å². The molecule has 2 fully saturated rings. The van der Waals surface area contributed by atoms with Gasteiger partial charge in [-0.1, -0.05) is 0 Å². The van der Waals surface area contributed by atoms with Crippen LogP contribution in [0.15, 0.2) is 0 Å². The molecule has 4 heteroatoms. The Morgan fingerprint density at radius 1 is 1.69 bits per heavy atom. The second kappa shape index (κ2) is 3.64. The van der Waals surface area contributed by atoms with E-state index in [1.807, 2.05) is 7.05 Å². The first-order valence-corrected chi connectivity index (χ1v) is 4.75. The van der Waals surface area contributed by atoms with Gasteiger partial charge >= 0.3 is 0 Å². The number of ether oxygens (including phenoxy) is 2. The molecule has 74 valence electrons. The number of carbonyl (C=O) groups excluding carboxylic acids is 1. The van der Waals surface area contributed by atoms with Gasteiger partial charge in [-0.3, -0.25) is 4.79 Å². The van der Waals surface area contributed by atoms with Crippen LogP contribution < -0.4 is 0 Å². The lowest BCUT2D eigenvalue weighted by atomic mass is 10.1. The molecule has 2 aliphatic rings. The number of epoxide rings is 1. The maximum Gasteiger partial charge on any atom is 0.251 e. The van der Waals surface area contributed by atoms with Crippen molar-refractivity contribution in [3.63, 3.8) is 0 Å². The number of carbonyl (C=O) groups is 1. The summed E-state index contributed by atoms with van der Waals surface area (Å²) in [6.07, 6.45) is 1.93. The highest BCUT2D eigenvalue weighted by Crippen LogP contribution is 2.16. The highest BCUT2D eigenvalue weighted by molar-refractivity contribution is 5.81. The van der Waals surface area contributed by atoms with Crippen molar-refractivity contribution in [1.82, 2.24) is 4.90 Å². The van der Waals surface area contributed by atoms with Gasteiger partial charge in [0.25, 0.3) is 5.91 Å². The molecule has 0 aliphatic carbocycles. The average molecular weight is 185 g/mol. The van der Waals surface area contributed by atoms with Crippen molar-refractivity contribution in [1.29, 1.82) is 0 Å². The molecule has 1 amide bonds. The third kappa shape index (κ3) is 2.19. The van der Waals surface area contributed by atoms with Crippen LogP contribution in [-0.2, 0) is 14.3 Å². The van der Waals surface area contributed by atoms with E-state index < -0.39 is 0 Å². The van der Waals surface area contributed by atoms with Crippen LogP contribution in [0.25, 0.3) is 0 Å². The molecule has 0 aromatic rings. The van der Waals surface area contributed by atoms with Crippen molar-refractivity contribution in [2.24, 2.45) is 0 Å². The molecule has 0 aromatic heterocycles. The van der Waals surface area contributed by atoms with E-state index in [1.54, 1.807) is 4.90 Å². The average Bonchev–Trinajstić information content (AvgIpc) is 2.91. The van der Waals surface area contributed by atoms with E-state index in [-0.39, 0.29) is 18.1 Å². The van der Waals surface area contributed by atoms with Crippen molar-refractivity contribution < 1.29 is 14.3 Å². The summed E-state index contributed by atoms with van der Waals surface area (Å²) in [7, 11) is 1.82. The summed E-state index contributed by atoms with van der Waals surface area (Å²) >= 11 is 0. The molecular formula is C9H15NO3. The Morgan fingerprint density at radius 3 is 3.15 bits per heavy atom. The van der Waals surface area contributed by atoms with Crippen molar-refractivity contribution in [3.8, 4) is 0 Å². The van der Waals surface area contributed by atoms with Crippen LogP contribution in [0, 0.1) is 0 Å². The monoisotopic (exact) mass is 185 g/mol. The van der Waals surface area contributed by atoms with Gasteiger partial charge in [0.1, 0.15) is 12.2 Å². The third-order valence-electron chi connectivity index (χ3n) is 2.50. The van der Waals surface area contributed by atoms with E-state index in [9.17, 15) is 4.79 Å². The van der Waals surface area contributed by atoms with Crippen LogP contribution in [0.4, 0.5) is 0 Å². The van der Waals surface area contributed by atoms with Crippen molar-refractivity contribution in [2.75, 3.05) is 26.8 Å². The molecule has 2 atom stereocenters. The molecule has 13 heavy (non-hydrogen) atoms. The zero-order valence-electron chi connectivity index (χ0n) is 7.86.